The Kier molecular flexibility index (Phi) is 10.2. The van der Waals surface area contributed by atoms with Crippen molar-refractivity contribution in [3.63, 3.8) is 0 Å². The minimum atomic E-state index is -1.10. The van der Waals surface area contributed by atoms with Crippen LogP contribution in [0.4, 0.5) is 5.69 Å². The number of phenolic OH excluding ortho intramolecular Hbond substituents is 1. The summed E-state index contributed by atoms with van der Waals surface area (Å²) < 4.78 is 5.05. The summed E-state index contributed by atoms with van der Waals surface area (Å²) in [7, 11) is 0. The number of amides is 1. The number of phenols is 1. The maximum atomic E-state index is 12.1. The van der Waals surface area contributed by atoms with Crippen LogP contribution in [0.25, 0.3) is 0 Å². The lowest BCUT2D eigenvalue weighted by Crippen LogP contribution is -2.44. The molecule has 1 atom stereocenters. The maximum absolute atomic E-state index is 12.1. The molecule has 1 amide bonds. The second-order valence-corrected chi connectivity index (χ2v) is 8.54. The van der Waals surface area contributed by atoms with Crippen molar-refractivity contribution in [3.05, 3.63) is 58.6 Å². The van der Waals surface area contributed by atoms with Crippen LogP contribution >= 0.6 is 11.6 Å². The van der Waals surface area contributed by atoms with E-state index in [9.17, 15) is 14.4 Å². The first kappa shape index (κ1) is 26.9. The van der Waals surface area contributed by atoms with Gasteiger partial charge < -0.3 is 26.6 Å². The molecule has 0 heterocycles. The quantitative estimate of drug-likeness (QED) is 0.292. The number of carbonyl (C=O) groups is 3. The Bertz CT molecular complexity index is 919. The van der Waals surface area contributed by atoms with Crippen molar-refractivity contribution in [3.8, 4) is 5.75 Å². The number of nitrogens with two attached hydrogens (primary N) is 2. The maximum Gasteiger partial charge on any atom is 0.325 e. The Balaban J connectivity index is 0.000000533. The lowest BCUT2D eigenvalue weighted by atomic mass is 10.0. The average molecular weight is 464 g/mol. The second kappa shape index (κ2) is 12.1. The van der Waals surface area contributed by atoms with Gasteiger partial charge in [-0.15, -0.1) is 0 Å². The molecule has 0 aliphatic carbocycles. The van der Waals surface area contributed by atoms with Crippen LogP contribution in [0.2, 0.25) is 5.02 Å². The van der Waals surface area contributed by atoms with Crippen molar-refractivity contribution in [2.24, 2.45) is 5.73 Å². The number of hydrogen-bond donors (Lipinski definition) is 4. The molecule has 0 fully saturated rings. The molecule has 6 N–H and O–H groups in total. The van der Waals surface area contributed by atoms with Crippen molar-refractivity contribution in [1.82, 2.24) is 5.32 Å². The van der Waals surface area contributed by atoms with Crippen LogP contribution in [0.3, 0.4) is 0 Å². The first-order valence-electron chi connectivity index (χ1n) is 9.87. The standard InChI is InChI=1S/C16H22ClN3O4.C7H8O/c1-16(2,3)24-14(22)8-20-15(23)12(19)7-13(21)10-5-4-9(17)6-11(10)18;1-6-2-4-7(8)5-3-6/h4-6,12H,7-8,18-19H2,1-3H3,(H,20,23);2-5,8H,1H3. The van der Waals surface area contributed by atoms with Gasteiger partial charge in [-0.3, -0.25) is 14.4 Å². The molecular weight excluding hydrogens is 434 g/mol. The molecule has 174 valence electrons. The topological polar surface area (TPSA) is 145 Å². The van der Waals surface area contributed by atoms with Crippen molar-refractivity contribution < 1.29 is 24.2 Å². The number of Topliss-reactive ketones (excluding diaryl/α,β-unsaturated/α-hetero) is 1. The van der Waals surface area contributed by atoms with Gasteiger partial charge in [0.05, 0.1) is 6.04 Å². The van der Waals surface area contributed by atoms with E-state index in [1.165, 1.54) is 23.8 Å². The van der Waals surface area contributed by atoms with Crippen LogP contribution in [0, 0.1) is 6.92 Å². The summed E-state index contributed by atoms with van der Waals surface area (Å²) >= 11 is 5.77. The predicted molar refractivity (Wildman–Crippen MR) is 124 cm³/mol. The van der Waals surface area contributed by atoms with Crippen LogP contribution < -0.4 is 16.8 Å². The first-order chi connectivity index (χ1) is 14.8. The largest absolute Gasteiger partial charge is 0.508 e. The number of nitrogens with one attached hydrogen (secondary N) is 1. The number of halogens is 1. The van der Waals surface area contributed by atoms with Gasteiger partial charge in [0, 0.05) is 22.7 Å². The third-order valence-corrected chi connectivity index (χ3v) is 4.15. The van der Waals surface area contributed by atoms with Crippen LogP contribution in [-0.4, -0.2) is 41.0 Å². The van der Waals surface area contributed by atoms with Crippen LogP contribution in [0.1, 0.15) is 43.1 Å². The number of benzene rings is 2. The Morgan fingerprint density at radius 1 is 1.12 bits per heavy atom. The molecule has 9 heteroatoms. The van der Waals surface area contributed by atoms with Gasteiger partial charge in [-0.1, -0.05) is 29.3 Å². The molecule has 0 saturated heterocycles. The zero-order chi connectivity index (χ0) is 24.5. The molecule has 2 rings (SSSR count). The molecule has 2 aromatic carbocycles. The van der Waals surface area contributed by atoms with Crippen molar-refractivity contribution >= 4 is 34.9 Å². The van der Waals surface area contributed by atoms with E-state index < -0.39 is 23.5 Å². The first-order valence-corrected chi connectivity index (χ1v) is 10.3. The third kappa shape index (κ3) is 10.3. The lowest BCUT2D eigenvalue weighted by molar-refractivity contribution is -0.154. The van der Waals surface area contributed by atoms with Gasteiger partial charge in [0.25, 0.3) is 0 Å². The van der Waals surface area contributed by atoms with Gasteiger partial charge in [0.2, 0.25) is 5.91 Å². The van der Waals surface area contributed by atoms with E-state index in [2.05, 4.69) is 5.32 Å². The molecule has 1 unspecified atom stereocenters. The fourth-order valence-corrected chi connectivity index (χ4v) is 2.58. The van der Waals surface area contributed by atoms with E-state index in [1.807, 2.05) is 19.1 Å². The van der Waals surface area contributed by atoms with Crippen molar-refractivity contribution in [2.75, 3.05) is 12.3 Å². The highest BCUT2D eigenvalue weighted by Crippen LogP contribution is 2.19. The summed E-state index contributed by atoms with van der Waals surface area (Å²) in [5.74, 6) is -1.27. The van der Waals surface area contributed by atoms with E-state index >= 15 is 0 Å². The highest BCUT2D eigenvalue weighted by atomic mass is 35.5. The number of aryl methyl sites for hydroxylation is 1. The summed E-state index contributed by atoms with van der Waals surface area (Å²) in [6, 6.07) is 10.4. The normalized spacial score (nSPS) is 11.6. The summed E-state index contributed by atoms with van der Waals surface area (Å²) in [6.07, 6.45) is -0.244. The average Bonchev–Trinajstić information content (AvgIpc) is 2.67. The highest BCUT2D eigenvalue weighted by Gasteiger charge is 2.22. The van der Waals surface area contributed by atoms with E-state index in [4.69, 9.17) is 32.9 Å². The minimum Gasteiger partial charge on any atom is -0.508 e. The van der Waals surface area contributed by atoms with Gasteiger partial charge >= 0.3 is 5.97 Å². The molecule has 0 aromatic heterocycles. The number of hydrogen-bond acceptors (Lipinski definition) is 7. The fraction of sp³-hybridized carbons (Fsp3) is 0.348. The number of nitrogen functional groups attached to an aromatic ring is 1. The van der Waals surface area contributed by atoms with E-state index in [0.29, 0.717) is 10.8 Å². The number of anilines is 1. The molecule has 0 bridgehead atoms. The number of aromatic hydroxyl groups is 1. The van der Waals surface area contributed by atoms with Crippen molar-refractivity contribution in [2.45, 2.75) is 45.8 Å². The molecule has 0 spiro atoms. The zero-order valence-corrected chi connectivity index (χ0v) is 19.4. The molecular formula is C23H30ClN3O5. The van der Waals surface area contributed by atoms with E-state index in [-0.39, 0.29) is 30.0 Å². The van der Waals surface area contributed by atoms with Crippen molar-refractivity contribution in [1.29, 1.82) is 0 Å². The van der Waals surface area contributed by atoms with Crippen LogP contribution in [0.5, 0.6) is 5.75 Å². The number of esters is 1. The number of ketones is 1. The number of rotatable bonds is 6. The van der Waals surface area contributed by atoms with E-state index in [1.54, 1.807) is 32.9 Å². The van der Waals surface area contributed by atoms with E-state index in [0.717, 1.165) is 0 Å². The highest BCUT2D eigenvalue weighted by molar-refractivity contribution is 6.31. The summed E-state index contributed by atoms with van der Waals surface area (Å²) in [4.78, 5) is 35.5. The molecule has 8 nitrogen and oxygen atoms in total. The van der Waals surface area contributed by atoms with Crippen LogP contribution in [0.15, 0.2) is 42.5 Å². The van der Waals surface area contributed by atoms with Gasteiger partial charge in [-0.2, -0.15) is 0 Å². The molecule has 0 radical (unpaired) electrons. The Morgan fingerprint density at radius 2 is 1.72 bits per heavy atom. The third-order valence-electron chi connectivity index (χ3n) is 3.92. The molecule has 0 aliphatic rings. The second-order valence-electron chi connectivity index (χ2n) is 8.11. The smallest absolute Gasteiger partial charge is 0.325 e. The molecule has 2 aromatic rings. The number of carbonyl (C=O) groups excluding carboxylic acids is 3. The SMILES string of the molecule is CC(C)(C)OC(=O)CNC(=O)C(N)CC(=O)c1ccc(Cl)cc1N.Cc1ccc(O)cc1. The minimum absolute atomic E-state index is 0.217. The Hall–Kier alpha value is -3.10. The fourth-order valence-electron chi connectivity index (χ4n) is 2.40. The van der Waals surface area contributed by atoms with Gasteiger partial charge in [0.15, 0.2) is 5.78 Å². The Morgan fingerprint density at radius 3 is 2.22 bits per heavy atom. The van der Waals surface area contributed by atoms with Gasteiger partial charge in [-0.25, -0.2) is 0 Å². The predicted octanol–water partition coefficient (Wildman–Crippen LogP) is 2.98. The zero-order valence-electron chi connectivity index (χ0n) is 18.6. The summed E-state index contributed by atoms with van der Waals surface area (Å²) in [6.45, 7) is 6.81. The van der Waals surface area contributed by atoms with Gasteiger partial charge in [0.1, 0.15) is 17.9 Å². The molecule has 32 heavy (non-hydrogen) atoms. The molecule has 0 saturated carbocycles. The number of ether oxygens (including phenoxy) is 1. The molecule has 0 aliphatic heterocycles. The Labute approximate surface area is 192 Å². The monoisotopic (exact) mass is 463 g/mol. The summed E-state index contributed by atoms with van der Waals surface area (Å²) in [5, 5.41) is 11.5. The summed E-state index contributed by atoms with van der Waals surface area (Å²) in [5.41, 5.74) is 12.4. The van der Waals surface area contributed by atoms with Crippen LogP contribution in [-0.2, 0) is 14.3 Å². The lowest BCUT2D eigenvalue weighted by Gasteiger charge is -2.20. The van der Waals surface area contributed by atoms with Gasteiger partial charge in [-0.05, 0) is 58.0 Å².